The van der Waals surface area contributed by atoms with Gasteiger partial charge in [-0.2, -0.15) is 0 Å². The van der Waals surface area contributed by atoms with Gasteiger partial charge in [-0.25, -0.2) is 0 Å². The minimum atomic E-state index is -0.929. The first-order valence-electron chi connectivity index (χ1n) is 7.42. The summed E-state index contributed by atoms with van der Waals surface area (Å²) in [5.41, 5.74) is 0. The summed E-state index contributed by atoms with van der Waals surface area (Å²) in [7, 11) is 0. The Balaban J connectivity index is -0.000000264. The molecule has 0 heterocycles. The van der Waals surface area contributed by atoms with Gasteiger partial charge in [-0.05, 0) is 27.7 Å². The van der Waals surface area contributed by atoms with Crippen molar-refractivity contribution in [2.24, 2.45) is 0 Å². The molecule has 0 bridgehead atoms. The van der Waals surface area contributed by atoms with Crippen LogP contribution in [-0.4, -0.2) is 35.3 Å². The molecule has 23 heavy (non-hydrogen) atoms. The third kappa shape index (κ3) is 44.9. The molecule has 0 aromatic rings. The Morgan fingerprint density at radius 2 is 0.870 bits per heavy atom. The first-order chi connectivity index (χ1) is 10.4. The van der Waals surface area contributed by atoms with Gasteiger partial charge < -0.3 is 0 Å². The Morgan fingerprint density at radius 1 is 0.652 bits per heavy atom. The Bertz CT molecular complexity index is 306. The maximum absolute atomic E-state index is 10.0. The average Bonchev–Trinajstić information content (AvgIpc) is 2.24. The average molecular weight is 410 g/mol. The zero-order valence-electron chi connectivity index (χ0n) is 15.5. The fourth-order valence-electron chi connectivity index (χ4n) is 0.921. The van der Waals surface area contributed by atoms with E-state index in [1.165, 1.54) is 27.7 Å². The number of hydrogen-bond donors (Lipinski definition) is 0. The summed E-state index contributed by atoms with van der Waals surface area (Å²) in [5, 5.41) is 0. The molecule has 0 aromatic heterocycles. The van der Waals surface area contributed by atoms with Crippen LogP contribution in [0.3, 0.4) is 0 Å². The molecule has 0 amide bonds. The van der Waals surface area contributed by atoms with Crippen LogP contribution in [0.1, 0.15) is 68.2 Å². The summed E-state index contributed by atoms with van der Waals surface area (Å²) in [6.45, 7) is 13.7. The van der Waals surface area contributed by atoms with Gasteiger partial charge in [0.05, 0.1) is 12.8 Å². The van der Waals surface area contributed by atoms with Gasteiger partial charge >= 0.3 is 69.6 Å². The maximum atomic E-state index is 10.0. The second-order valence-corrected chi connectivity index (χ2v) is 7.15. The van der Waals surface area contributed by atoms with E-state index in [1.54, 1.807) is 0 Å². The standard InChI is InChI=1S/2C5H8O2.2C3H7O.Zr/c2*1-4(6)3-5(2)7;2*1-3(2)4;/h2*3H2,1-2H3;2*3H,1-2H3;/q;;2*-1;+2. The van der Waals surface area contributed by atoms with Crippen LogP contribution in [0.4, 0.5) is 0 Å². The zero-order valence-corrected chi connectivity index (χ0v) is 18.0. The first kappa shape index (κ1) is 27.3. The fraction of sp³-hybridized carbons (Fsp3) is 0.750. The van der Waals surface area contributed by atoms with Gasteiger partial charge in [-0.1, -0.05) is 0 Å². The summed E-state index contributed by atoms with van der Waals surface area (Å²) < 4.78 is 10.6. The number of carbonyl (C=O) groups excluding carboxylic acids is 4. The topological polar surface area (TPSA) is 86.7 Å². The van der Waals surface area contributed by atoms with Crippen molar-refractivity contribution in [1.29, 1.82) is 0 Å². The molecular formula is C16H30O6Zr. The molecule has 0 atom stereocenters. The van der Waals surface area contributed by atoms with Crippen LogP contribution in [0, 0.1) is 0 Å². The Morgan fingerprint density at radius 3 is 0.957 bits per heavy atom. The molecule has 0 unspecified atom stereocenters. The molecule has 7 heteroatoms. The van der Waals surface area contributed by atoms with Gasteiger partial charge in [0.2, 0.25) is 0 Å². The van der Waals surface area contributed by atoms with Crippen molar-refractivity contribution < 1.29 is 48.9 Å². The van der Waals surface area contributed by atoms with Crippen molar-refractivity contribution >= 4 is 23.1 Å². The molecule has 0 aliphatic rings. The van der Waals surface area contributed by atoms with Gasteiger partial charge in [0.25, 0.3) is 0 Å². The molecule has 0 saturated heterocycles. The van der Waals surface area contributed by atoms with E-state index >= 15 is 0 Å². The van der Waals surface area contributed by atoms with Crippen molar-refractivity contribution in [3.8, 4) is 0 Å². The Kier molecular flexibility index (Phi) is 21.2. The molecular weight excluding hydrogens is 379 g/mol. The third-order valence-corrected chi connectivity index (χ3v) is 4.35. The SMILES string of the molecule is CC(=O)CC(C)=O.CC(=O)CC(C)=O.CC(C)[O][Zr][O]C(C)C. The monoisotopic (exact) mass is 408 g/mol. The van der Waals surface area contributed by atoms with Gasteiger partial charge in [-0.3, -0.25) is 19.2 Å². The van der Waals surface area contributed by atoms with Crippen molar-refractivity contribution in [2.75, 3.05) is 0 Å². The molecule has 0 aliphatic carbocycles. The molecule has 0 rings (SSSR count). The van der Waals surface area contributed by atoms with Gasteiger partial charge in [-0.15, -0.1) is 0 Å². The van der Waals surface area contributed by atoms with Crippen molar-refractivity contribution in [3.05, 3.63) is 0 Å². The van der Waals surface area contributed by atoms with E-state index in [-0.39, 0.29) is 36.0 Å². The zero-order chi connectivity index (χ0) is 19.0. The van der Waals surface area contributed by atoms with E-state index in [9.17, 15) is 19.2 Å². The molecule has 0 aliphatic heterocycles. The second-order valence-electron chi connectivity index (χ2n) is 5.58. The van der Waals surface area contributed by atoms with Crippen molar-refractivity contribution in [2.45, 2.75) is 80.4 Å². The summed E-state index contributed by atoms with van der Waals surface area (Å²) >= 11 is -0.929. The summed E-state index contributed by atoms with van der Waals surface area (Å²) in [6.07, 6.45) is 0.852. The van der Waals surface area contributed by atoms with Crippen molar-refractivity contribution in [1.82, 2.24) is 0 Å². The van der Waals surface area contributed by atoms with Gasteiger partial charge in [0.15, 0.2) is 0 Å². The fourth-order valence-corrected chi connectivity index (χ4v) is 2.00. The predicted molar refractivity (Wildman–Crippen MR) is 84.4 cm³/mol. The molecule has 0 radical (unpaired) electrons. The number of carbonyl (C=O) groups is 4. The van der Waals surface area contributed by atoms with Crippen LogP contribution in [0.2, 0.25) is 0 Å². The second kappa shape index (κ2) is 17.8. The van der Waals surface area contributed by atoms with Crippen LogP contribution in [0.25, 0.3) is 0 Å². The molecule has 0 N–H and O–H groups in total. The summed E-state index contributed by atoms with van der Waals surface area (Å²) in [4.78, 5) is 40.1. The van der Waals surface area contributed by atoms with E-state index in [4.69, 9.17) is 5.63 Å². The quantitative estimate of drug-likeness (QED) is 0.573. The van der Waals surface area contributed by atoms with E-state index in [0.717, 1.165) is 0 Å². The molecule has 0 aromatic carbocycles. The van der Waals surface area contributed by atoms with Crippen LogP contribution in [-0.2, 0) is 48.9 Å². The molecule has 0 fully saturated rings. The first-order valence-corrected chi connectivity index (χ1v) is 9.43. The molecule has 6 nitrogen and oxygen atoms in total. The van der Waals surface area contributed by atoms with E-state index in [1.807, 2.05) is 27.7 Å². The van der Waals surface area contributed by atoms with Crippen LogP contribution >= 0.6 is 0 Å². The summed E-state index contributed by atoms with van der Waals surface area (Å²) in [5.74, 6) is -0.250. The van der Waals surface area contributed by atoms with Crippen LogP contribution in [0.15, 0.2) is 0 Å². The van der Waals surface area contributed by atoms with Gasteiger partial charge in [0, 0.05) is 0 Å². The number of Topliss-reactive ketones (excluding diaryl/α,β-unsaturated/α-hetero) is 4. The third-order valence-electron chi connectivity index (χ3n) is 1.56. The van der Waals surface area contributed by atoms with E-state index in [0.29, 0.717) is 12.2 Å². The van der Waals surface area contributed by atoms with Crippen molar-refractivity contribution in [3.63, 3.8) is 0 Å². The predicted octanol–water partition coefficient (Wildman–Crippen LogP) is 2.86. The van der Waals surface area contributed by atoms with Crippen LogP contribution in [0.5, 0.6) is 0 Å². The number of rotatable bonds is 8. The van der Waals surface area contributed by atoms with Crippen LogP contribution < -0.4 is 0 Å². The normalized spacial score (nSPS) is 9.30. The Labute approximate surface area is 152 Å². The Hall–Kier alpha value is -0.517. The van der Waals surface area contributed by atoms with Gasteiger partial charge in [0.1, 0.15) is 23.1 Å². The van der Waals surface area contributed by atoms with E-state index < -0.39 is 24.1 Å². The minimum absolute atomic E-state index is 0.0625. The van der Waals surface area contributed by atoms with E-state index in [2.05, 4.69) is 0 Å². The summed E-state index contributed by atoms with van der Waals surface area (Å²) in [6, 6.07) is 0. The molecule has 0 saturated carbocycles. The number of ketones is 4. The number of hydrogen-bond acceptors (Lipinski definition) is 6. The molecule has 0 spiro atoms. The molecule has 134 valence electrons.